The number of carbonyl (C=O) groups excluding carboxylic acids is 1. The molecule has 2 aliphatic rings. The van der Waals surface area contributed by atoms with E-state index in [1.165, 1.54) is 16.6 Å². The number of aromatic nitrogens is 3. The number of benzene rings is 1. The maximum Gasteiger partial charge on any atom is 0.318 e. The van der Waals surface area contributed by atoms with E-state index in [1.807, 2.05) is 4.90 Å². The number of aryl methyl sites for hydroxylation is 1. The van der Waals surface area contributed by atoms with Gasteiger partial charge >= 0.3 is 6.03 Å². The van der Waals surface area contributed by atoms with Gasteiger partial charge in [0.2, 0.25) is 0 Å². The third-order valence-corrected chi connectivity index (χ3v) is 6.72. The molecule has 2 aliphatic heterocycles. The number of H-pyrrole nitrogens is 1. The number of nitrogens with one attached hydrogen (secondary N) is 2. The summed E-state index contributed by atoms with van der Waals surface area (Å²) >= 11 is 1.77. The zero-order valence-corrected chi connectivity index (χ0v) is 17.1. The summed E-state index contributed by atoms with van der Waals surface area (Å²) in [7, 11) is 0. The van der Waals surface area contributed by atoms with Crippen molar-refractivity contribution in [2.45, 2.75) is 44.6 Å². The molecule has 0 fully saturated rings. The van der Waals surface area contributed by atoms with Gasteiger partial charge in [0.15, 0.2) is 5.16 Å². The van der Waals surface area contributed by atoms with Crippen molar-refractivity contribution in [3.63, 3.8) is 0 Å². The number of rotatable bonds is 3. The molecule has 1 aromatic carbocycles. The molecule has 0 aliphatic carbocycles. The Balaban J connectivity index is 1.37. The normalized spacial score (nSPS) is 18.5. The van der Waals surface area contributed by atoms with Gasteiger partial charge in [-0.1, -0.05) is 43.8 Å². The average molecular weight is 396 g/mol. The number of amides is 2. The molecule has 7 heteroatoms. The monoisotopic (exact) mass is 395 g/mol. The van der Waals surface area contributed by atoms with E-state index in [9.17, 15) is 4.79 Å². The first-order valence-corrected chi connectivity index (χ1v) is 10.9. The van der Waals surface area contributed by atoms with Crippen molar-refractivity contribution in [1.29, 1.82) is 0 Å². The van der Waals surface area contributed by atoms with Crippen LogP contribution in [0.2, 0.25) is 0 Å². The van der Waals surface area contributed by atoms with Gasteiger partial charge in [-0.3, -0.25) is 0 Å². The zero-order valence-electron chi connectivity index (χ0n) is 16.2. The molecule has 2 N–H and O–H groups in total. The lowest BCUT2D eigenvalue weighted by Gasteiger charge is -2.38. The van der Waals surface area contributed by atoms with Crippen molar-refractivity contribution < 1.29 is 4.79 Å². The summed E-state index contributed by atoms with van der Waals surface area (Å²) in [5.41, 5.74) is 4.64. The minimum atomic E-state index is -0.0104. The molecule has 0 spiro atoms. The number of hydrogen-bond donors (Lipinski definition) is 2. The van der Waals surface area contributed by atoms with Crippen molar-refractivity contribution in [3.05, 3.63) is 47.4 Å². The summed E-state index contributed by atoms with van der Waals surface area (Å²) in [4.78, 5) is 23.2. The van der Waals surface area contributed by atoms with Gasteiger partial charge in [-0.15, -0.1) is 0 Å². The van der Waals surface area contributed by atoms with Gasteiger partial charge in [-0.2, -0.15) is 0 Å². The van der Waals surface area contributed by atoms with Crippen molar-refractivity contribution in [3.8, 4) is 0 Å². The van der Waals surface area contributed by atoms with E-state index in [2.05, 4.69) is 64.2 Å². The molecule has 0 bridgehead atoms. The van der Waals surface area contributed by atoms with Crippen LogP contribution in [0.25, 0.3) is 10.9 Å². The zero-order chi connectivity index (χ0) is 19.3. The molecule has 5 rings (SSSR count). The van der Waals surface area contributed by atoms with Gasteiger partial charge in [-0.05, 0) is 24.0 Å². The highest BCUT2D eigenvalue weighted by molar-refractivity contribution is 7.99. The molecule has 146 valence electrons. The first-order chi connectivity index (χ1) is 13.6. The SMILES string of the molecule is CC(C)C1c2[nH]c3ccccc3c2CCN1C(=O)NCc1cn2c(n1)SCC2. The van der Waals surface area contributed by atoms with E-state index in [4.69, 9.17) is 0 Å². The predicted octanol–water partition coefficient (Wildman–Crippen LogP) is 3.94. The van der Waals surface area contributed by atoms with E-state index in [0.717, 1.165) is 41.6 Å². The Labute approximate surface area is 168 Å². The summed E-state index contributed by atoms with van der Waals surface area (Å²) in [6.07, 6.45) is 2.94. The predicted molar refractivity (Wildman–Crippen MR) is 111 cm³/mol. The molecule has 28 heavy (non-hydrogen) atoms. The van der Waals surface area contributed by atoms with Crippen LogP contribution in [0.4, 0.5) is 4.79 Å². The lowest BCUT2D eigenvalue weighted by Crippen LogP contribution is -2.47. The summed E-state index contributed by atoms with van der Waals surface area (Å²) in [6, 6.07) is 8.47. The molecule has 0 radical (unpaired) electrons. The van der Waals surface area contributed by atoms with E-state index >= 15 is 0 Å². The maximum absolute atomic E-state index is 13.0. The third kappa shape index (κ3) is 2.89. The second-order valence-electron chi connectivity index (χ2n) is 7.91. The topological polar surface area (TPSA) is 66.0 Å². The summed E-state index contributed by atoms with van der Waals surface area (Å²) in [5.74, 6) is 1.41. The van der Waals surface area contributed by atoms with Crippen LogP contribution in [-0.2, 0) is 19.5 Å². The summed E-state index contributed by atoms with van der Waals surface area (Å²) in [6.45, 7) is 6.58. The Bertz CT molecular complexity index is 1020. The molecular formula is C21H25N5OS. The Morgan fingerprint density at radius 3 is 3.04 bits per heavy atom. The van der Waals surface area contributed by atoms with Crippen molar-refractivity contribution in [2.75, 3.05) is 12.3 Å². The molecule has 2 amide bonds. The molecule has 1 atom stereocenters. The molecular weight excluding hydrogens is 370 g/mol. The number of imidazole rings is 1. The maximum atomic E-state index is 13.0. The van der Waals surface area contributed by atoms with Crippen LogP contribution < -0.4 is 5.32 Å². The summed E-state index contributed by atoms with van der Waals surface area (Å²) in [5, 5.41) is 5.44. The van der Waals surface area contributed by atoms with Crippen molar-refractivity contribution >= 4 is 28.7 Å². The van der Waals surface area contributed by atoms with E-state index in [0.29, 0.717) is 12.5 Å². The van der Waals surface area contributed by atoms with Crippen molar-refractivity contribution in [2.24, 2.45) is 5.92 Å². The largest absolute Gasteiger partial charge is 0.356 e. The second kappa shape index (κ2) is 6.88. The Kier molecular flexibility index (Phi) is 4.34. The van der Waals surface area contributed by atoms with Gasteiger partial charge in [0, 0.05) is 41.6 Å². The smallest absolute Gasteiger partial charge is 0.318 e. The molecule has 0 saturated heterocycles. The Morgan fingerprint density at radius 2 is 2.21 bits per heavy atom. The molecule has 4 heterocycles. The second-order valence-corrected chi connectivity index (χ2v) is 8.97. The Hall–Kier alpha value is -2.41. The molecule has 3 aromatic rings. The fourth-order valence-corrected chi connectivity index (χ4v) is 5.47. The summed E-state index contributed by atoms with van der Waals surface area (Å²) < 4.78 is 2.17. The number of para-hydroxylation sites is 1. The number of carbonyl (C=O) groups is 1. The first-order valence-electron chi connectivity index (χ1n) is 9.94. The highest BCUT2D eigenvalue weighted by atomic mass is 32.2. The van der Waals surface area contributed by atoms with Gasteiger partial charge in [-0.25, -0.2) is 9.78 Å². The van der Waals surface area contributed by atoms with Crippen molar-refractivity contribution in [1.82, 2.24) is 24.8 Å². The van der Waals surface area contributed by atoms with Crippen LogP contribution in [0, 0.1) is 5.92 Å². The molecule has 6 nitrogen and oxygen atoms in total. The average Bonchev–Trinajstić information content (AvgIpc) is 3.37. The van der Waals surface area contributed by atoms with Gasteiger partial charge in [0.1, 0.15) is 0 Å². The minimum absolute atomic E-state index is 0.0104. The molecule has 2 aromatic heterocycles. The van der Waals surface area contributed by atoms with Crippen LogP contribution in [0.3, 0.4) is 0 Å². The van der Waals surface area contributed by atoms with E-state index < -0.39 is 0 Å². The van der Waals surface area contributed by atoms with Gasteiger partial charge in [0.05, 0.1) is 18.3 Å². The highest BCUT2D eigenvalue weighted by Gasteiger charge is 2.35. The number of nitrogens with zero attached hydrogens (tertiary/aromatic N) is 3. The van der Waals surface area contributed by atoms with E-state index in [1.54, 1.807) is 11.8 Å². The van der Waals surface area contributed by atoms with Crippen LogP contribution in [0.1, 0.15) is 36.8 Å². The number of thioether (sulfide) groups is 1. The first kappa shape index (κ1) is 17.7. The number of urea groups is 1. The fraction of sp³-hybridized carbons (Fsp3) is 0.429. The highest BCUT2D eigenvalue weighted by Crippen LogP contribution is 2.38. The Morgan fingerprint density at radius 1 is 1.36 bits per heavy atom. The lowest BCUT2D eigenvalue weighted by atomic mass is 9.90. The number of hydrogen-bond acceptors (Lipinski definition) is 3. The van der Waals surface area contributed by atoms with Crippen LogP contribution in [0.5, 0.6) is 0 Å². The van der Waals surface area contributed by atoms with Crippen LogP contribution >= 0.6 is 11.8 Å². The third-order valence-electron chi connectivity index (χ3n) is 5.75. The van der Waals surface area contributed by atoms with Gasteiger partial charge < -0.3 is 19.8 Å². The van der Waals surface area contributed by atoms with Gasteiger partial charge in [0.25, 0.3) is 0 Å². The minimum Gasteiger partial charge on any atom is -0.356 e. The quantitative estimate of drug-likeness (QED) is 0.706. The number of aromatic amines is 1. The molecule has 0 saturated carbocycles. The number of fused-ring (bicyclic) bond motifs is 4. The fourth-order valence-electron chi connectivity index (χ4n) is 4.51. The van der Waals surface area contributed by atoms with E-state index in [-0.39, 0.29) is 12.1 Å². The van der Waals surface area contributed by atoms with Crippen LogP contribution in [-0.4, -0.2) is 37.8 Å². The standard InChI is InChI=1S/C21H25N5OS/c1-13(2)19-18-16(15-5-3-4-6-17(15)24-18)7-8-26(19)20(27)22-11-14-12-25-9-10-28-21(25)23-14/h3-6,12-13,19,24H,7-11H2,1-2H3,(H,22,27). The lowest BCUT2D eigenvalue weighted by molar-refractivity contribution is 0.146. The molecule has 1 unspecified atom stereocenters. The van der Waals surface area contributed by atoms with Crippen LogP contribution in [0.15, 0.2) is 35.6 Å².